The molecule has 90 valence electrons. The Kier molecular flexibility index (Phi) is 3.10. The quantitative estimate of drug-likeness (QED) is 0.744. The highest BCUT2D eigenvalue weighted by Crippen LogP contribution is 2.23. The molecule has 1 unspecified atom stereocenters. The number of hydrogen-bond donors (Lipinski definition) is 3. The predicted octanol–water partition coefficient (Wildman–Crippen LogP) is 1.39. The first-order valence-corrected chi connectivity index (χ1v) is 5.51. The lowest BCUT2D eigenvalue weighted by Gasteiger charge is -2.11. The second kappa shape index (κ2) is 4.55. The molecule has 1 heterocycles. The first kappa shape index (κ1) is 11.6. The third-order valence-corrected chi connectivity index (χ3v) is 2.78. The molecule has 5 nitrogen and oxygen atoms in total. The molecule has 1 atom stereocenters. The topological polar surface area (TPSA) is 92.0 Å². The first-order chi connectivity index (χ1) is 8.11. The summed E-state index contributed by atoms with van der Waals surface area (Å²) in [6.45, 7) is 2.23. The normalized spacial score (nSPS) is 12.8. The number of carboxylic acid groups (broad SMARTS) is 1. The number of aromatic nitrogens is 2. The Bertz CT molecular complexity index is 548. The molecule has 0 spiro atoms. The van der Waals surface area contributed by atoms with E-state index in [1.807, 2.05) is 19.1 Å². The molecule has 0 aliphatic rings. The number of carboxylic acids is 1. The van der Waals surface area contributed by atoms with Crippen molar-refractivity contribution < 1.29 is 9.90 Å². The smallest absolute Gasteiger partial charge is 0.311 e. The van der Waals surface area contributed by atoms with Crippen LogP contribution in [0.5, 0.6) is 0 Å². The summed E-state index contributed by atoms with van der Waals surface area (Å²) in [5.74, 6) is -0.568. The molecule has 2 aromatic rings. The van der Waals surface area contributed by atoms with Gasteiger partial charge in [-0.25, -0.2) is 4.98 Å². The van der Waals surface area contributed by atoms with Crippen LogP contribution >= 0.6 is 0 Å². The average Bonchev–Trinajstić information content (AvgIpc) is 2.64. The standard InChI is InChI=1S/C12H15N3O2/c1-7-14-10-3-2-8(6-11(10)15-7)9(4-5-13)12(16)17/h2-3,6,9H,4-5,13H2,1H3,(H,14,15)(H,16,17). The number of nitrogens with two attached hydrogens (primary N) is 1. The number of H-pyrrole nitrogens is 1. The molecular weight excluding hydrogens is 218 g/mol. The Hall–Kier alpha value is -1.88. The Morgan fingerprint density at radius 1 is 1.59 bits per heavy atom. The molecule has 4 N–H and O–H groups in total. The molecule has 1 aromatic heterocycles. The van der Waals surface area contributed by atoms with E-state index < -0.39 is 11.9 Å². The minimum atomic E-state index is -0.842. The molecule has 0 fully saturated rings. The number of nitrogens with one attached hydrogen (secondary N) is 1. The third-order valence-electron chi connectivity index (χ3n) is 2.78. The van der Waals surface area contributed by atoms with E-state index in [1.165, 1.54) is 0 Å². The van der Waals surface area contributed by atoms with Crippen LogP contribution in [0.3, 0.4) is 0 Å². The lowest BCUT2D eigenvalue weighted by Crippen LogP contribution is -2.16. The summed E-state index contributed by atoms with van der Waals surface area (Å²) in [5.41, 5.74) is 7.92. The minimum absolute atomic E-state index is 0.358. The number of rotatable bonds is 4. The van der Waals surface area contributed by atoms with Crippen LogP contribution in [0, 0.1) is 6.92 Å². The first-order valence-electron chi connectivity index (χ1n) is 5.51. The summed E-state index contributed by atoms with van der Waals surface area (Å²) in [4.78, 5) is 18.5. The molecule has 0 saturated carbocycles. The Labute approximate surface area is 98.7 Å². The van der Waals surface area contributed by atoms with Crippen LogP contribution in [-0.4, -0.2) is 27.6 Å². The van der Waals surface area contributed by atoms with E-state index in [-0.39, 0.29) is 0 Å². The van der Waals surface area contributed by atoms with Crippen LogP contribution < -0.4 is 5.73 Å². The molecule has 0 aliphatic heterocycles. The van der Waals surface area contributed by atoms with Crippen molar-refractivity contribution >= 4 is 17.0 Å². The Morgan fingerprint density at radius 3 is 3.00 bits per heavy atom. The predicted molar refractivity (Wildman–Crippen MR) is 64.9 cm³/mol. The van der Waals surface area contributed by atoms with Crippen LogP contribution in [0.2, 0.25) is 0 Å². The largest absolute Gasteiger partial charge is 0.481 e. The molecule has 0 aliphatic carbocycles. The number of nitrogens with zero attached hydrogens (tertiary/aromatic N) is 1. The van der Waals surface area contributed by atoms with Crippen LogP contribution in [0.1, 0.15) is 23.7 Å². The van der Waals surface area contributed by atoms with E-state index in [0.29, 0.717) is 13.0 Å². The summed E-state index contributed by atoms with van der Waals surface area (Å²) >= 11 is 0. The van der Waals surface area contributed by atoms with Gasteiger partial charge in [-0.15, -0.1) is 0 Å². The van der Waals surface area contributed by atoms with Gasteiger partial charge in [-0.2, -0.15) is 0 Å². The fourth-order valence-electron chi connectivity index (χ4n) is 1.97. The molecule has 17 heavy (non-hydrogen) atoms. The fourth-order valence-corrected chi connectivity index (χ4v) is 1.97. The monoisotopic (exact) mass is 233 g/mol. The van der Waals surface area contributed by atoms with Crippen molar-refractivity contribution in [2.24, 2.45) is 5.73 Å². The number of hydrogen-bond acceptors (Lipinski definition) is 3. The molecular formula is C12H15N3O2. The van der Waals surface area contributed by atoms with Crippen molar-refractivity contribution in [3.63, 3.8) is 0 Å². The van der Waals surface area contributed by atoms with Gasteiger partial charge in [0.25, 0.3) is 0 Å². The zero-order valence-electron chi connectivity index (χ0n) is 9.60. The van der Waals surface area contributed by atoms with Gasteiger partial charge in [0.15, 0.2) is 0 Å². The second-order valence-electron chi connectivity index (χ2n) is 4.07. The maximum atomic E-state index is 11.1. The summed E-state index contributed by atoms with van der Waals surface area (Å²) < 4.78 is 0. The van der Waals surface area contributed by atoms with Crippen LogP contribution in [0.25, 0.3) is 11.0 Å². The third kappa shape index (κ3) is 2.29. The molecule has 0 amide bonds. The molecule has 1 aromatic carbocycles. The number of aromatic amines is 1. The van der Waals surface area contributed by atoms with Crippen molar-refractivity contribution in [1.29, 1.82) is 0 Å². The molecule has 0 saturated heterocycles. The van der Waals surface area contributed by atoms with Crippen molar-refractivity contribution in [3.8, 4) is 0 Å². The SMILES string of the molecule is Cc1nc2ccc(C(CCN)C(=O)O)cc2[nH]1. The lowest BCUT2D eigenvalue weighted by molar-refractivity contribution is -0.138. The maximum absolute atomic E-state index is 11.1. The van der Waals surface area contributed by atoms with Gasteiger partial charge in [0.05, 0.1) is 17.0 Å². The number of imidazole rings is 1. The zero-order chi connectivity index (χ0) is 12.4. The highest BCUT2D eigenvalue weighted by Gasteiger charge is 2.19. The van der Waals surface area contributed by atoms with Crippen LogP contribution in [0.4, 0.5) is 0 Å². The Morgan fingerprint density at radius 2 is 2.35 bits per heavy atom. The summed E-state index contributed by atoms with van der Waals surface area (Å²) in [6, 6.07) is 5.47. The number of aryl methyl sites for hydroxylation is 1. The van der Waals surface area contributed by atoms with Gasteiger partial charge >= 0.3 is 5.97 Å². The van der Waals surface area contributed by atoms with Gasteiger partial charge in [0, 0.05) is 0 Å². The van der Waals surface area contributed by atoms with E-state index in [2.05, 4.69) is 9.97 Å². The van der Waals surface area contributed by atoms with Crippen molar-refractivity contribution in [1.82, 2.24) is 9.97 Å². The minimum Gasteiger partial charge on any atom is -0.481 e. The molecule has 5 heteroatoms. The van der Waals surface area contributed by atoms with Crippen LogP contribution in [0.15, 0.2) is 18.2 Å². The summed E-state index contributed by atoms with van der Waals surface area (Å²) in [6.07, 6.45) is 0.438. The molecule has 0 radical (unpaired) electrons. The van der Waals surface area contributed by atoms with Gasteiger partial charge in [-0.05, 0) is 37.6 Å². The van der Waals surface area contributed by atoms with Gasteiger partial charge in [-0.3, -0.25) is 4.79 Å². The lowest BCUT2D eigenvalue weighted by atomic mass is 9.95. The second-order valence-corrected chi connectivity index (χ2v) is 4.07. The fraction of sp³-hybridized carbons (Fsp3) is 0.333. The number of carbonyl (C=O) groups is 1. The summed E-state index contributed by atoms with van der Waals surface area (Å²) in [7, 11) is 0. The molecule has 0 bridgehead atoms. The van der Waals surface area contributed by atoms with Gasteiger partial charge < -0.3 is 15.8 Å². The average molecular weight is 233 g/mol. The van der Waals surface area contributed by atoms with E-state index in [4.69, 9.17) is 10.8 Å². The van der Waals surface area contributed by atoms with Gasteiger partial charge in [0.1, 0.15) is 5.82 Å². The van der Waals surface area contributed by atoms with Crippen molar-refractivity contribution in [3.05, 3.63) is 29.6 Å². The van der Waals surface area contributed by atoms with Crippen molar-refractivity contribution in [2.75, 3.05) is 6.54 Å². The van der Waals surface area contributed by atoms with E-state index in [0.717, 1.165) is 22.4 Å². The van der Waals surface area contributed by atoms with E-state index in [9.17, 15) is 4.79 Å². The Balaban J connectivity index is 2.42. The maximum Gasteiger partial charge on any atom is 0.311 e. The molecule has 2 rings (SSSR count). The van der Waals surface area contributed by atoms with Gasteiger partial charge in [0.2, 0.25) is 0 Å². The van der Waals surface area contributed by atoms with E-state index >= 15 is 0 Å². The highest BCUT2D eigenvalue weighted by molar-refractivity contribution is 5.81. The number of fused-ring (bicyclic) bond motifs is 1. The number of aliphatic carboxylic acids is 1. The van der Waals surface area contributed by atoms with Gasteiger partial charge in [-0.1, -0.05) is 6.07 Å². The zero-order valence-corrected chi connectivity index (χ0v) is 9.60. The summed E-state index contributed by atoms with van der Waals surface area (Å²) in [5, 5.41) is 9.15. The van der Waals surface area contributed by atoms with E-state index in [1.54, 1.807) is 6.07 Å². The van der Waals surface area contributed by atoms with Crippen LogP contribution in [-0.2, 0) is 4.79 Å². The van der Waals surface area contributed by atoms with Crippen molar-refractivity contribution in [2.45, 2.75) is 19.3 Å². The number of benzene rings is 1. The highest BCUT2D eigenvalue weighted by atomic mass is 16.4.